The molecule has 0 spiro atoms. The maximum atomic E-state index is 11.6. The second-order valence-electron chi connectivity index (χ2n) is 4.39. The van der Waals surface area contributed by atoms with Crippen molar-refractivity contribution in [2.24, 2.45) is 11.7 Å². The van der Waals surface area contributed by atoms with Crippen molar-refractivity contribution in [1.82, 2.24) is 5.32 Å². The Kier molecular flexibility index (Phi) is 2.74. The summed E-state index contributed by atoms with van der Waals surface area (Å²) in [6, 6.07) is 0.392. The smallest absolute Gasteiger partial charge is 0.249 e. The van der Waals surface area contributed by atoms with Gasteiger partial charge in [-0.15, -0.1) is 0 Å². The molecule has 4 heteroatoms. The Labute approximate surface area is 84.2 Å². The Hall–Kier alpha value is -0.610. The van der Waals surface area contributed by atoms with E-state index in [-0.39, 0.29) is 18.1 Å². The SMILES string of the molecule is CC1CC1NC(=O)[C@@H]1CC[C@H](CN)O1. The van der Waals surface area contributed by atoms with E-state index in [9.17, 15) is 4.79 Å². The summed E-state index contributed by atoms with van der Waals surface area (Å²) in [6.07, 6.45) is 2.67. The Morgan fingerprint density at radius 2 is 2.29 bits per heavy atom. The van der Waals surface area contributed by atoms with E-state index in [2.05, 4.69) is 12.2 Å². The Balaban J connectivity index is 1.75. The third-order valence-corrected chi connectivity index (χ3v) is 3.10. The Morgan fingerprint density at radius 3 is 2.79 bits per heavy atom. The molecule has 1 amide bonds. The van der Waals surface area contributed by atoms with Crippen LogP contribution in [0.25, 0.3) is 0 Å². The second-order valence-corrected chi connectivity index (χ2v) is 4.39. The minimum absolute atomic E-state index is 0.0512. The van der Waals surface area contributed by atoms with E-state index < -0.39 is 0 Å². The molecule has 4 atom stereocenters. The molecule has 1 aliphatic heterocycles. The zero-order valence-electron chi connectivity index (χ0n) is 8.53. The quantitative estimate of drug-likeness (QED) is 0.672. The van der Waals surface area contributed by atoms with Gasteiger partial charge in [-0.05, 0) is 25.2 Å². The van der Waals surface area contributed by atoms with Crippen LogP contribution < -0.4 is 11.1 Å². The van der Waals surface area contributed by atoms with Crippen molar-refractivity contribution in [3.05, 3.63) is 0 Å². The largest absolute Gasteiger partial charge is 0.364 e. The number of nitrogens with one attached hydrogen (secondary N) is 1. The van der Waals surface area contributed by atoms with Crippen molar-refractivity contribution >= 4 is 5.91 Å². The zero-order chi connectivity index (χ0) is 10.1. The molecule has 0 radical (unpaired) electrons. The minimum Gasteiger partial charge on any atom is -0.364 e. The van der Waals surface area contributed by atoms with Crippen LogP contribution in [-0.4, -0.2) is 30.7 Å². The summed E-state index contributed by atoms with van der Waals surface area (Å²) in [4.78, 5) is 11.6. The summed E-state index contributed by atoms with van der Waals surface area (Å²) in [7, 11) is 0. The van der Waals surface area contributed by atoms with E-state index >= 15 is 0 Å². The summed E-state index contributed by atoms with van der Waals surface area (Å²) in [5, 5.41) is 2.99. The van der Waals surface area contributed by atoms with Gasteiger partial charge >= 0.3 is 0 Å². The number of carbonyl (C=O) groups is 1. The predicted molar refractivity (Wildman–Crippen MR) is 52.7 cm³/mol. The summed E-state index contributed by atoms with van der Waals surface area (Å²) in [5.74, 6) is 0.695. The average molecular weight is 198 g/mol. The fourth-order valence-corrected chi connectivity index (χ4v) is 1.87. The van der Waals surface area contributed by atoms with Crippen LogP contribution in [0.3, 0.4) is 0 Å². The molecule has 1 saturated heterocycles. The summed E-state index contributed by atoms with van der Waals surface area (Å²) < 4.78 is 5.50. The fraction of sp³-hybridized carbons (Fsp3) is 0.900. The molecule has 1 heterocycles. The van der Waals surface area contributed by atoms with Gasteiger partial charge in [0.15, 0.2) is 0 Å². The monoisotopic (exact) mass is 198 g/mol. The third kappa shape index (κ3) is 2.07. The van der Waals surface area contributed by atoms with Gasteiger partial charge < -0.3 is 15.8 Å². The number of amides is 1. The normalized spacial score (nSPS) is 41.0. The first-order valence-electron chi connectivity index (χ1n) is 5.36. The van der Waals surface area contributed by atoms with Crippen LogP contribution in [0, 0.1) is 5.92 Å². The summed E-state index contributed by atoms with van der Waals surface area (Å²) in [6.45, 7) is 2.66. The first-order valence-corrected chi connectivity index (χ1v) is 5.36. The van der Waals surface area contributed by atoms with E-state index in [1.54, 1.807) is 0 Å². The average Bonchev–Trinajstić information content (AvgIpc) is 2.72. The molecule has 1 saturated carbocycles. The number of hydrogen-bond acceptors (Lipinski definition) is 3. The molecule has 0 bridgehead atoms. The lowest BCUT2D eigenvalue weighted by molar-refractivity contribution is -0.132. The molecular weight excluding hydrogens is 180 g/mol. The molecule has 80 valence electrons. The van der Waals surface area contributed by atoms with Crippen molar-refractivity contribution in [3.8, 4) is 0 Å². The van der Waals surface area contributed by atoms with Gasteiger partial charge in [0.05, 0.1) is 6.10 Å². The topological polar surface area (TPSA) is 64.4 Å². The van der Waals surface area contributed by atoms with Gasteiger partial charge in [0.2, 0.25) is 5.91 Å². The van der Waals surface area contributed by atoms with Gasteiger partial charge in [0.25, 0.3) is 0 Å². The van der Waals surface area contributed by atoms with Crippen LogP contribution in [0.4, 0.5) is 0 Å². The van der Waals surface area contributed by atoms with Crippen molar-refractivity contribution in [2.45, 2.75) is 44.4 Å². The number of hydrogen-bond donors (Lipinski definition) is 2. The first-order chi connectivity index (χ1) is 6.70. The highest BCUT2D eigenvalue weighted by Gasteiger charge is 2.37. The van der Waals surface area contributed by atoms with Crippen LogP contribution >= 0.6 is 0 Å². The molecule has 4 nitrogen and oxygen atoms in total. The molecular formula is C10H18N2O2. The molecule has 14 heavy (non-hydrogen) atoms. The van der Waals surface area contributed by atoms with Crippen molar-refractivity contribution in [3.63, 3.8) is 0 Å². The number of ether oxygens (including phenoxy) is 1. The van der Waals surface area contributed by atoms with E-state index in [0.717, 1.165) is 19.3 Å². The maximum Gasteiger partial charge on any atom is 0.249 e. The molecule has 2 aliphatic rings. The number of carbonyl (C=O) groups excluding carboxylic acids is 1. The van der Waals surface area contributed by atoms with Gasteiger partial charge in [-0.25, -0.2) is 0 Å². The number of nitrogens with two attached hydrogens (primary N) is 1. The lowest BCUT2D eigenvalue weighted by atomic mass is 10.2. The molecule has 2 rings (SSSR count). The lowest BCUT2D eigenvalue weighted by Gasteiger charge is -2.12. The van der Waals surface area contributed by atoms with E-state index in [1.165, 1.54) is 0 Å². The Morgan fingerprint density at radius 1 is 1.57 bits per heavy atom. The highest BCUT2D eigenvalue weighted by atomic mass is 16.5. The van der Waals surface area contributed by atoms with Crippen molar-refractivity contribution in [1.29, 1.82) is 0 Å². The lowest BCUT2D eigenvalue weighted by Crippen LogP contribution is -2.37. The molecule has 2 unspecified atom stereocenters. The zero-order valence-corrected chi connectivity index (χ0v) is 8.53. The predicted octanol–water partition coefficient (Wildman–Crippen LogP) is 0.0173. The van der Waals surface area contributed by atoms with Crippen LogP contribution in [0.5, 0.6) is 0 Å². The van der Waals surface area contributed by atoms with Crippen LogP contribution in [0.2, 0.25) is 0 Å². The van der Waals surface area contributed by atoms with Crippen molar-refractivity contribution < 1.29 is 9.53 Å². The Bertz CT molecular complexity index is 232. The maximum absolute atomic E-state index is 11.6. The van der Waals surface area contributed by atoms with Gasteiger partial charge in [-0.2, -0.15) is 0 Å². The minimum atomic E-state index is -0.253. The van der Waals surface area contributed by atoms with Crippen LogP contribution in [-0.2, 0) is 9.53 Å². The standard InChI is InChI=1S/C10H18N2O2/c1-6-4-8(6)12-10(13)9-3-2-7(5-11)14-9/h6-9H,2-5,11H2,1H3,(H,12,13)/t6?,7-,8?,9+/m1/s1. The number of rotatable bonds is 3. The van der Waals surface area contributed by atoms with Gasteiger partial charge in [0.1, 0.15) is 6.10 Å². The van der Waals surface area contributed by atoms with Crippen LogP contribution in [0.1, 0.15) is 26.2 Å². The van der Waals surface area contributed by atoms with Gasteiger partial charge in [-0.3, -0.25) is 4.79 Å². The molecule has 0 aromatic heterocycles. The second kappa shape index (κ2) is 3.87. The third-order valence-electron chi connectivity index (χ3n) is 3.10. The van der Waals surface area contributed by atoms with Gasteiger partial charge in [-0.1, -0.05) is 6.92 Å². The molecule has 0 aromatic rings. The molecule has 0 aromatic carbocycles. The van der Waals surface area contributed by atoms with E-state index in [1.807, 2.05) is 0 Å². The van der Waals surface area contributed by atoms with Crippen LogP contribution in [0.15, 0.2) is 0 Å². The fourth-order valence-electron chi connectivity index (χ4n) is 1.87. The molecule has 1 aliphatic carbocycles. The van der Waals surface area contributed by atoms with E-state index in [0.29, 0.717) is 18.5 Å². The first kappa shape index (κ1) is 9.93. The molecule has 3 N–H and O–H groups in total. The van der Waals surface area contributed by atoms with E-state index in [4.69, 9.17) is 10.5 Å². The van der Waals surface area contributed by atoms with Gasteiger partial charge in [0, 0.05) is 12.6 Å². The highest BCUT2D eigenvalue weighted by Crippen LogP contribution is 2.29. The van der Waals surface area contributed by atoms with Crippen molar-refractivity contribution in [2.75, 3.05) is 6.54 Å². The molecule has 2 fully saturated rings. The highest BCUT2D eigenvalue weighted by molar-refractivity contribution is 5.81. The summed E-state index contributed by atoms with van der Waals surface area (Å²) in [5.41, 5.74) is 5.48. The summed E-state index contributed by atoms with van der Waals surface area (Å²) >= 11 is 0.